The summed E-state index contributed by atoms with van der Waals surface area (Å²) >= 11 is 24.5. The molecule has 1 fully saturated rings. The fourth-order valence-electron chi connectivity index (χ4n) is 3.91. The number of benzene rings is 3. The van der Waals surface area contributed by atoms with E-state index in [9.17, 15) is 40.7 Å². The zero-order chi connectivity index (χ0) is 30.4. The van der Waals surface area contributed by atoms with Gasteiger partial charge in [-0.1, -0.05) is 29.3 Å². The van der Waals surface area contributed by atoms with Crippen LogP contribution in [-0.2, 0) is 9.59 Å². The van der Waals surface area contributed by atoms with Gasteiger partial charge in [-0.25, -0.2) is 13.2 Å². The van der Waals surface area contributed by atoms with Crippen molar-refractivity contribution in [2.24, 2.45) is 5.92 Å². The van der Waals surface area contributed by atoms with E-state index < -0.39 is 74.5 Å². The molecule has 1 aliphatic rings. The van der Waals surface area contributed by atoms with Gasteiger partial charge >= 0.3 is 12.1 Å². The highest BCUT2D eigenvalue weighted by Gasteiger charge is 2.67. The summed E-state index contributed by atoms with van der Waals surface area (Å²) in [5.41, 5.74) is -2.78. The average Bonchev–Trinajstić information content (AvgIpc) is 3.47. The molecule has 41 heavy (non-hydrogen) atoms. The molecule has 1 aliphatic carbocycles. The summed E-state index contributed by atoms with van der Waals surface area (Å²) in [5.74, 6) is -10.8. The van der Waals surface area contributed by atoms with Crippen molar-refractivity contribution in [1.29, 1.82) is 0 Å². The van der Waals surface area contributed by atoms with Crippen LogP contribution in [0.15, 0.2) is 48.5 Å². The number of carbonyl (C=O) groups is 3. The molecular formula is C25H13Cl4F6N3O3. The molecule has 0 aromatic heterocycles. The van der Waals surface area contributed by atoms with Crippen LogP contribution in [0.2, 0.25) is 10.0 Å². The van der Waals surface area contributed by atoms with Crippen LogP contribution in [0.3, 0.4) is 0 Å². The second kappa shape index (κ2) is 11.2. The Bertz CT molecular complexity index is 1580. The minimum atomic E-state index is -5.38. The highest BCUT2D eigenvalue weighted by Crippen LogP contribution is 2.65. The summed E-state index contributed by atoms with van der Waals surface area (Å²) in [7, 11) is 0. The Morgan fingerprint density at radius 2 is 1.46 bits per heavy atom. The van der Waals surface area contributed by atoms with Gasteiger partial charge in [0.05, 0.1) is 27.2 Å². The summed E-state index contributed by atoms with van der Waals surface area (Å²) in [6.07, 6.45) is -5.38. The fraction of sp³-hybridized carbons (Fsp3) is 0.160. The van der Waals surface area contributed by atoms with Crippen LogP contribution in [0.25, 0.3) is 0 Å². The van der Waals surface area contributed by atoms with Crippen LogP contribution in [0.4, 0.5) is 43.4 Å². The van der Waals surface area contributed by atoms with Crippen LogP contribution < -0.4 is 16.0 Å². The van der Waals surface area contributed by atoms with Crippen molar-refractivity contribution in [2.75, 3.05) is 16.0 Å². The Kier molecular flexibility index (Phi) is 8.43. The number of carbonyl (C=O) groups excluding carboxylic acids is 3. The van der Waals surface area contributed by atoms with E-state index >= 15 is 0 Å². The second-order valence-electron chi connectivity index (χ2n) is 8.68. The first-order chi connectivity index (χ1) is 19.0. The molecule has 3 N–H and O–H groups in total. The van der Waals surface area contributed by atoms with E-state index in [0.717, 1.165) is 18.2 Å². The van der Waals surface area contributed by atoms with Crippen LogP contribution in [-0.4, -0.2) is 28.2 Å². The molecule has 0 heterocycles. The maximum absolute atomic E-state index is 14.7. The van der Waals surface area contributed by atoms with Crippen molar-refractivity contribution >= 4 is 81.2 Å². The molecule has 6 nitrogen and oxygen atoms in total. The van der Waals surface area contributed by atoms with E-state index in [1.54, 1.807) is 11.4 Å². The quantitative estimate of drug-likeness (QED) is 0.188. The van der Waals surface area contributed by atoms with E-state index in [-0.39, 0.29) is 15.7 Å². The maximum atomic E-state index is 14.7. The molecule has 216 valence electrons. The lowest BCUT2D eigenvalue weighted by molar-refractivity contribution is -0.167. The standard InChI is InChI=1S/C25H13Cl4F6N3O3/c26-12-3-1-9(7-13(12)27)17-18(24(17,28)29)22(40)36-10-2-4-14(30)11(8-10)21(39)38-20-15(31)5-6-16(19(20)32)37-23(41)25(33,34)35/h1-8,17-18H,(H,36,40)(H,37,41)(H,38,39)/t17-,18+/m0/s1. The van der Waals surface area contributed by atoms with E-state index in [4.69, 9.17) is 46.4 Å². The van der Waals surface area contributed by atoms with E-state index in [2.05, 4.69) is 5.32 Å². The third-order valence-corrected chi connectivity index (χ3v) is 7.63. The molecular weight excluding hydrogens is 646 g/mol. The summed E-state index contributed by atoms with van der Waals surface area (Å²) in [6, 6.07) is 8.23. The predicted molar refractivity (Wildman–Crippen MR) is 141 cm³/mol. The number of nitrogens with one attached hydrogen (secondary N) is 3. The molecule has 0 radical (unpaired) electrons. The van der Waals surface area contributed by atoms with Crippen molar-refractivity contribution < 1.29 is 40.7 Å². The minimum Gasteiger partial charge on any atom is -0.326 e. The Morgan fingerprint density at radius 1 is 0.805 bits per heavy atom. The molecule has 3 amide bonds. The zero-order valence-electron chi connectivity index (χ0n) is 19.8. The number of amides is 3. The molecule has 2 atom stereocenters. The van der Waals surface area contributed by atoms with Gasteiger partial charge in [0.1, 0.15) is 21.7 Å². The number of rotatable bonds is 6. The Hall–Kier alpha value is -3.19. The summed E-state index contributed by atoms with van der Waals surface area (Å²) in [6.45, 7) is 0. The zero-order valence-corrected chi connectivity index (χ0v) is 22.8. The molecule has 0 spiro atoms. The molecule has 3 aromatic rings. The number of halogens is 10. The van der Waals surface area contributed by atoms with Gasteiger partial charge in [0.2, 0.25) is 5.91 Å². The van der Waals surface area contributed by atoms with Crippen molar-refractivity contribution in [1.82, 2.24) is 0 Å². The third kappa shape index (κ3) is 6.35. The van der Waals surface area contributed by atoms with Crippen LogP contribution in [0.5, 0.6) is 0 Å². The van der Waals surface area contributed by atoms with Crippen LogP contribution in [0, 0.1) is 23.4 Å². The normalized spacial score (nSPS) is 17.5. The molecule has 0 aliphatic heterocycles. The first-order valence-electron chi connectivity index (χ1n) is 11.1. The number of anilines is 3. The molecule has 0 bridgehead atoms. The molecule has 16 heteroatoms. The van der Waals surface area contributed by atoms with Gasteiger partial charge in [-0.15, -0.1) is 23.2 Å². The summed E-state index contributed by atoms with van der Waals surface area (Å²) < 4.78 is 79.4. The van der Waals surface area contributed by atoms with E-state index in [0.29, 0.717) is 17.7 Å². The van der Waals surface area contributed by atoms with Crippen molar-refractivity contribution in [3.05, 3.63) is 87.2 Å². The van der Waals surface area contributed by atoms with E-state index in [1.807, 2.05) is 0 Å². The lowest BCUT2D eigenvalue weighted by Gasteiger charge is -2.14. The van der Waals surface area contributed by atoms with Crippen molar-refractivity contribution in [3.63, 3.8) is 0 Å². The topological polar surface area (TPSA) is 87.3 Å². The Labute approximate surface area is 246 Å². The van der Waals surface area contributed by atoms with Gasteiger partial charge in [-0.2, -0.15) is 13.2 Å². The van der Waals surface area contributed by atoms with Gasteiger partial charge in [0.15, 0.2) is 5.82 Å². The highest BCUT2D eigenvalue weighted by atomic mass is 35.5. The van der Waals surface area contributed by atoms with Gasteiger partial charge in [-0.05, 0) is 48.0 Å². The van der Waals surface area contributed by atoms with Crippen molar-refractivity contribution in [3.8, 4) is 0 Å². The SMILES string of the molecule is O=C(Nc1c(F)ccc(NC(=O)C(F)(F)F)c1F)c1cc(NC(=O)[C@H]2[C@H](c3ccc(Cl)c(Cl)c3)C2(Cl)Cl)ccc1F. The number of hydrogen-bond donors (Lipinski definition) is 3. The smallest absolute Gasteiger partial charge is 0.326 e. The molecule has 4 rings (SSSR count). The molecule has 0 saturated heterocycles. The number of alkyl halides is 5. The Balaban J connectivity index is 1.52. The summed E-state index contributed by atoms with van der Waals surface area (Å²) in [4.78, 5) is 36.7. The summed E-state index contributed by atoms with van der Waals surface area (Å²) in [5, 5.41) is 5.81. The third-order valence-electron chi connectivity index (χ3n) is 5.95. The number of hydrogen-bond acceptors (Lipinski definition) is 3. The van der Waals surface area contributed by atoms with Crippen LogP contribution in [0.1, 0.15) is 21.8 Å². The molecule has 3 aromatic carbocycles. The van der Waals surface area contributed by atoms with Gasteiger partial charge in [0.25, 0.3) is 5.91 Å². The van der Waals surface area contributed by atoms with E-state index in [1.165, 1.54) is 17.4 Å². The van der Waals surface area contributed by atoms with Gasteiger partial charge < -0.3 is 16.0 Å². The molecule has 0 unspecified atom stereocenters. The largest absolute Gasteiger partial charge is 0.471 e. The minimum absolute atomic E-state index is 0.127. The van der Waals surface area contributed by atoms with Crippen LogP contribution >= 0.6 is 46.4 Å². The fourth-order valence-corrected chi connectivity index (χ4v) is 5.04. The molecule has 1 saturated carbocycles. The first kappa shape index (κ1) is 30.8. The monoisotopic (exact) mass is 657 g/mol. The predicted octanol–water partition coefficient (Wildman–Crippen LogP) is 7.69. The van der Waals surface area contributed by atoms with Gasteiger partial charge in [0, 0.05) is 11.6 Å². The maximum Gasteiger partial charge on any atom is 0.471 e. The lowest BCUT2D eigenvalue weighted by Crippen LogP contribution is -2.30. The lowest BCUT2D eigenvalue weighted by atomic mass is 10.1. The average molecular weight is 659 g/mol. The second-order valence-corrected chi connectivity index (χ2v) is 10.9. The first-order valence-corrected chi connectivity index (χ1v) is 12.6. The Morgan fingerprint density at radius 3 is 2.10 bits per heavy atom. The van der Waals surface area contributed by atoms with Gasteiger partial charge in [-0.3, -0.25) is 14.4 Å². The highest BCUT2D eigenvalue weighted by molar-refractivity contribution is 6.53. The van der Waals surface area contributed by atoms with Crippen molar-refractivity contribution in [2.45, 2.75) is 16.4 Å².